The highest BCUT2D eigenvalue weighted by molar-refractivity contribution is 14.1. The Kier molecular flexibility index (Phi) is 3.98. The van der Waals surface area contributed by atoms with E-state index in [9.17, 15) is 0 Å². The van der Waals surface area contributed by atoms with Gasteiger partial charge in [-0.1, -0.05) is 18.5 Å². The molecule has 0 N–H and O–H groups in total. The monoisotopic (exact) mass is 362 g/mol. The second-order valence-electron chi connectivity index (χ2n) is 3.73. The van der Waals surface area contributed by atoms with E-state index in [1.807, 2.05) is 17.8 Å². The molecule has 0 aliphatic rings. The maximum absolute atomic E-state index is 6.05. The van der Waals surface area contributed by atoms with Crippen LogP contribution in [0.5, 0.6) is 0 Å². The highest BCUT2D eigenvalue weighted by atomic mass is 127. The van der Waals surface area contributed by atoms with Crippen LogP contribution in [0.3, 0.4) is 0 Å². The lowest BCUT2D eigenvalue weighted by Gasteiger charge is -2.02. The molecule has 17 heavy (non-hydrogen) atoms. The zero-order valence-electron chi connectivity index (χ0n) is 9.61. The second kappa shape index (κ2) is 5.30. The summed E-state index contributed by atoms with van der Waals surface area (Å²) in [6.07, 6.45) is 4.77. The first-order valence-electron chi connectivity index (χ1n) is 5.34. The Bertz CT molecular complexity index is 515. The van der Waals surface area contributed by atoms with Gasteiger partial charge in [-0.3, -0.25) is 4.68 Å². The van der Waals surface area contributed by atoms with E-state index in [0.29, 0.717) is 11.0 Å². The molecule has 0 aliphatic heterocycles. The molecular formula is C11H12ClIN4. The molecule has 90 valence electrons. The van der Waals surface area contributed by atoms with Crippen LogP contribution in [0, 0.1) is 10.5 Å². The summed E-state index contributed by atoms with van der Waals surface area (Å²) in [5, 5.41) is 4.75. The molecule has 0 saturated heterocycles. The Labute approximate surface area is 119 Å². The van der Waals surface area contributed by atoms with Crippen LogP contribution in [0.2, 0.25) is 5.15 Å². The number of rotatable bonds is 3. The lowest BCUT2D eigenvalue weighted by Crippen LogP contribution is -1.97. The Morgan fingerprint density at radius 1 is 1.41 bits per heavy atom. The van der Waals surface area contributed by atoms with Crippen LogP contribution in [-0.2, 0) is 6.54 Å². The zero-order chi connectivity index (χ0) is 12.4. The van der Waals surface area contributed by atoms with Crippen LogP contribution in [0.15, 0.2) is 12.4 Å². The van der Waals surface area contributed by atoms with Crippen LogP contribution in [-0.4, -0.2) is 19.7 Å². The SMILES string of the molecule is CCCn1cc(-c2nc(C)c(I)c(Cl)n2)cn1. The van der Waals surface area contributed by atoms with Crippen molar-refractivity contribution in [1.29, 1.82) is 0 Å². The molecule has 2 rings (SSSR count). The van der Waals surface area contributed by atoms with Crippen LogP contribution in [0.25, 0.3) is 11.4 Å². The fourth-order valence-corrected chi connectivity index (χ4v) is 1.94. The van der Waals surface area contributed by atoms with Gasteiger partial charge in [-0.2, -0.15) is 5.10 Å². The van der Waals surface area contributed by atoms with E-state index >= 15 is 0 Å². The third kappa shape index (κ3) is 2.77. The molecule has 0 atom stereocenters. The number of nitrogens with zero attached hydrogens (tertiary/aromatic N) is 4. The fraction of sp³-hybridized carbons (Fsp3) is 0.364. The molecule has 0 bridgehead atoms. The van der Waals surface area contributed by atoms with E-state index < -0.39 is 0 Å². The third-order valence-corrected chi connectivity index (χ3v) is 4.20. The minimum atomic E-state index is 0.497. The Hall–Kier alpha value is -0.690. The molecule has 0 radical (unpaired) electrons. The summed E-state index contributed by atoms with van der Waals surface area (Å²) in [6.45, 7) is 4.94. The molecule has 2 aromatic heterocycles. The molecule has 0 aromatic carbocycles. The quantitative estimate of drug-likeness (QED) is 0.621. The van der Waals surface area contributed by atoms with E-state index in [4.69, 9.17) is 11.6 Å². The number of aromatic nitrogens is 4. The molecule has 0 spiro atoms. The predicted molar refractivity (Wildman–Crippen MR) is 76.0 cm³/mol. The lowest BCUT2D eigenvalue weighted by atomic mass is 10.3. The Balaban J connectivity index is 2.39. The summed E-state index contributed by atoms with van der Waals surface area (Å²) >= 11 is 8.20. The third-order valence-electron chi connectivity index (χ3n) is 2.32. The average molecular weight is 363 g/mol. The van der Waals surface area contributed by atoms with E-state index in [0.717, 1.165) is 27.8 Å². The molecule has 0 fully saturated rings. The number of hydrogen-bond donors (Lipinski definition) is 0. The van der Waals surface area contributed by atoms with Gasteiger partial charge >= 0.3 is 0 Å². The standard InChI is InChI=1S/C11H12ClIN4/c1-3-4-17-6-8(5-14-17)11-15-7(2)9(13)10(12)16-11/h5-6H,3-4H2,1-2H3. The molecule has 0 amide bonds. The van der Waals surface area contributed by atoms with Gasteiger partial charge in [0.2, 0.25) is 0 Å². The van der Waals surface area contributed by atoms with Crippen LogP contribution in [0.4, 0.5) is 0 Å². The Morgan fingerprint density at radius 2 is 2.18 bits per heavy atom. The first kappa shape index (κ1) is 12.8. The van der Waals surface area contributed by atoms with Crippen molar-refractivity contribution in [2.45, 2.75) is 26.8 Å². The van der Waals surface area contributed by atoms with Gasteiger partial charge in [0, 0.05) is 12.7 Å². The molecule has 0 saturated carbocycles. The van der Waals surface area contributed by atoms with Crippen molar-refractivity contribution in [3.8, 4) is 11.4 Å². The Morgan fingerprint density at radius 3 is 2.82 bits per heavy atom. The summed E-state index contributed by atoms with van der Waals surface area (Å²) in [5.41, 5.74) is 1.80. The molecular weight excluding hydrogens is 351 g/mol. The van der Waals surface area contributed by atoms with Gasteiger partial charge in [0.25, 0.3) is 0 Å². The number of hydrogen-bond acceptors (Lipinski definition) is 3. The van der Waals surface area contributed by atoms with Gasteiger partial charge in [0.15, 0.2) is 5.82 Å². The molecule has 2 aromatic rings. The normalized spacial score (nSPS) is 10.8. The first-order valence-corrected chi connectivity index (χ1v) is 6.80. The van der Waals surface area contributed by atoms with Gasteiger partial charge in [0.1, 0.15) is 5.15 Å². The van der Waals surface area contributed by atoms with E-state index in [2.05, 4.69) is 44.6 Å². The van der Waals surface area contributed by atoms with Gasteiger partial charge in [-0.05, 0) is 35.9 Å². The number of aryl methyl sites for hydroxylation is 2. The van der Waals surface area contributed by atoms with Crippen LogP contribution >= 0.6 is 34.2 Å². The van der Waals surface area contributed by atoms with E-state index in [-0.39, 0.29) is 0 Å². The maximum Gasteiger partial charge on any atom is 0.164 e. The van der Waals surface area contributed by atoms with Gasteiger partial charge in [-0.25, -0.2) is 9.97 Å². The minimum absolute atomic E-state index is 0.497. The highest BCUT2D eigenvalue weighted by Crippen LogP contribution is 2.23. The van der Waals surface area contributed by atoms with Crippen molar-refractivity contribution in [1.82, 2.24) is 19.7 Å². The van der Waals surface area contributed by atoms with E-state index in [1.165, 1.54) is 0 Å². The summed E-state index contributed by atoms with van der Waals surface area (Å²) in [4.78, 5) is 8.69. The van der Waals surface area contributed by atoms with Crippen molar-refractivity contribution >= 4 is 34.2 Å². The van der Waals surface area contributed by atoms with Crippen molar-refractivity contribution in [3.63, 3.8) is 0 Å². The highest BCUT2D eigenvalue weighted by Gasteiger charge is 2.10. The van der Waals surface area contributed by atoms with Crippen molar-refractivity contribution in [2.75, 3.05) is 0 Å². The molecule has 6 heteroatoms. The average Bonchev–Trinajstić information content (AvgIpc) is 2.74. The zero-order valence-corrected chi connectivity index (χ0v) is 12.5. The summed E-state index contributed by atoms with van der Waals surface area (Å²) in [6, 6.07) is 0. The summed E-state index contributed by atoms with van der Waals surface area (Å²) in [5.74, 6) is 0.635. The predicted octanol–water partition coefficient (Wildman–Crippen LogP) is 3.32. The minimum Gasteiger partial charge on any atom is -0.272 e. The van der Waals surface area contributed by atoms with Gasteiger partial charge in [0.05, 0.1) is 21.0 Å². The fourth-order valence-electron chi connectivity index (χ4n) is 1.48. The van der Waals surface area contributed by atoms with Crippen LogP contribution in [0.1, 0.15) is 19.0 Å². The molecule has 0 unspecified atom stereocenters. The summed E-state index contributed by atoms with van der Waals surface area (Å²) in [7, 11) is 0. The van der Waals surface area contributed by atoms with Crippen LogP contribution < -0.4 is 0 Å². The van der Waals surface area contributed by atoms with Crippen molar-refractivity contribution in [3.05, 3.63) is 26.8 Å². The summed E-state index contributed by atoms with van der Waals surface area (Å²) < 4.78 is 2.79. The molecule has 0 aliphatic carbocycles. The van der Waals surface area contributed by atoms with Crippen molar-refractivity contribution < 1.29 is 0 Å². The molecule has 4 nitrogen and oxygen atoms in total. The van der Waals surface area contributed by atoms with Gasteiger partial charge < -0.3 is 0 Å². The maximum atomic E-state index is 6.05. The topological polar surface area (TPSA) is 43.6 Å². The molecule has 2 heterocycles. The number of halogens is 2. The second-order valence-corrected chi connectivity index (χ2v) is 5.17. The first-order chi connectivity index (χ1) is 8.11. The smallest absolute Gasteiger partial charge is 0.164 e. The van der Waals surface area contributed by atoms with E-state index in [1.54, 1.807) is 6.20 Å². The van der Waals surface area contributed by atoms with Gasteiger partial charge in [-0.15, -0.1) is 0 Å². The van der Waals surface area contributed by atoms with Crippen molar-refractivity contribution in [2.24, 2.45) is 0 Å². The largest absolute Gasteiger partial charge is 0.272 e. The lowest BCUT2D eigenvalue weighted by molar-refractivity contribution is 0.603.